The minimum absolute atomic E-state index is 0.111. The number of carbonyl (C=O) groups excluding carboxylic acids is 2. The molecule has 0 bridgehead atoms. The van der Waals surface area contributed by atoms with Gasteiger partial charge in [0.1, 0.15) is 0 Å². The zero-order chi connectivity index (χ0) is 23.0. The van der Waals surface area contributed by atoms with Crippen LogP contribution in [0.4, 0.5) is 5.69 Å². The lowest BCUT2D eigenvalue weighted by Crippen LogP contribution is -2.50. The molecule has 5 rings (SSSR count). The number of piperazine rings is 1. The fourth-order valence-corrected chi connectivity index (χ4v) is 6.51. The summed E-state index contributed by atoms with van der Waals surface area (Å²) in [5, 5.41) is 0. The maximum Gasteiger partial charge on any atom is 0.253 e. The number of amides is 2. The van der Waals surface area contributed by atoms with Gasteiger partial charge in [-0.05, 0) is 79.6 Å². The van der Waals surface area contributed by atoms with Crippen molar-refractivity contribution >= 4 is 27.5 Å². The van der Waals surface area contributed by atoms with Gasteiger partial charge in [-0.15, -0.1) is 0 Å². The molecule has 1 aliphatic carbocycles. The molecule has 2 amide bonds. The molecule has 0 unspecified atom stereocenters. The van der Waals surface area contributed by atoms with Gasteiger partial charge in [0.15, 0.2) is 0 Å². The summed E-state index contributed by atoms with van der Waals surface area (Å²) in [5.74, 6) is 0.00506. The van der Waals surface area contributed by atoms with Gasteiger partial charge in [-0.3, -0.25) is 9.59 Å². The molecular formula is C25H29N3O4S. The van der Waals surface area contributed by atoms with Crippen LogP contribution in [0.2, 0.25) is 0 Å². The summed E-state index contributed by atoms with van der Waals surface area (Å²) in [6, 6.07) is 12.7. The largest absolute Gasteiger partial charge is 0.336 e. The lowest BCUT2D eigenvalue weighted by Gasteiger charge is -2.34. The van der Waals surface area contributed by atoms with E-state index in [4.69, 9.17) is 0 Å². The van der Waals surface area contributed by atoms with Gasteiger partial charge in [-0.1, -0.05) is 6.07 Å². The van der Waals surface area contributed by atoms with Crippen LogP contribution in [0.3, 0.4) is 0 Å². The van der Waals surface area contributed by atoms with E-state index in [1.807, 2.05) is 24.3 Å². The van der Waals surface area contributed by atoms with Crippen LogP contribution < -0.4 is 4.90 Å². The van der Waals surface area contributed by atoms with E-state index in [1.165, 1.54) is 9.87 Å². The van der Waals surface area contributed by atoms with E-state index < -0.39 is 10.0 Å². The van der Waals surface area contributed by atoms with Crippen molar-refractivity contribution in [3.63, 3.8) is 0 Å². The average Bonchev–Trinajstić information content (AvgIpc) is 3.29. The van der Waals surface area contributed by atoms with Crippen molar-refractivity contribution in [1.29, 1.82) is 0 Å². The van der Waals surface area contributed by atoms with Crippen molar-refractivity contribution in [3.05, 3.63) is 59.2 Å². The Bertz CT molecular complexity index is 1170. The molecule has 2 aliphatic heterocycles. The maximum absolute atomic E-state index is 13.2. The van der Waals surface area contributed by atoms with Crippen LogP contribution in [0.5, 0.6) is 0 Å². The van der Waals surface area contributed by atoms with Gasteiger partial charge in [0.25, 0.3) is 5.91 Å². The Balaban J connectivity index is 1.23. The number of anilines is 1. The van der Waals surface area contributed by atoms with Crippen LogP contribution in [0.25, 0.3) is 0 Å². The van der Waals surface area contributed by atoms with E-state index in [2.05, 4.69) is 0 Å². The second kappa shape index (κ2) is 8.91. The summed E-state index contributed by atoms with van der Waals surface area (Å²) in [5.41, 5.74) is 3.78. The number of carbonyl (C=O) groups is 2. The summed E-state index contributed by atoms with van der Waals surface area (Å²) < 4.78 is 27.9. The molecule has 0 aromatic heterocycles. The Kier molecular flexibility index (Phi) is 5.97. The highest BCUT2D eigenvalue weighted by molar-refractivity contribution is 7.89. The Morgan fingerprint density at radius 2 is 1.45 bits per heavy atom. The number of hydrogen-bond acceptors (Lipinski definition) is 4. The number of nitrogens with zero attached hydrogens (tertiary/aromatic N) is 3. The van der Waals surface area contributed by atoms with Crippen molar-refractivity contribution in [1.82, 2.24) is 9.21 Å². The number of benzene rings is 2. The number of fused-ring (bicyclic) bond motifs is 1. The molecule has 8 heteroatoms. The maximum atomic E-state index is 13.2. The second-order valence-corrected chi connectivity index (χ2v) is 11.0. The van der Waals surface area contributed by atoms with Crippen LogP contribution in [-0.4, -0.2) is 62.2 Å². The van der Waals surface area contributed by atoms with E-state index in [0.29, 0.717) is 36.5 Å². The third kappa shape index (κ3) is 4.29. The molecule has 0 atom stereocenters. The van der Waals surface area contributed by atoms with Crippen molar-refractivity contribution in [2.45, 2.75) is 43.4 Å². The standard InChI is InChI=1S/C25H29N3O4S/c29-24-6-3-13-28(24)22-10-7-20(8-11-22)25(30)26-14-16-27(17-15-26)33(31,32)23-12-9-19-4-1-2-5-21(19)18-23/h7-12,18H,1-6,13-17H2. The SMILES string of the molecule is O=C(c1ccc(N2CCCC2=O)cc1)N1CCN(S(=O)(=O)c2ccc3c(c2)CCCC3)CC1. The quantitative estimate of drug-likeness (QED) is 0.693. The van der Waals surface area contributed by atoms with Gasteiger partial charge in [0, 0.05) is 50.4 Å². The molecule has 2 saturated heterocycles. The summed E-state index contributed by atoms with van der Waals surface area (Å²) in [4.78, 5) is 28.7. The Morgan fingerprint density at radius 1 is 0.758 bits per heavy atom. The highest BCUT2D eigenvalue weighted by atomic mass is 32.2. The average molecular weight is 468 g/mol. The number of rotatable bonds is 4. The molecule has 174 valence electrons. The molecule has 2 aromatic rings. The van der Waals surface area contributed by atoms with E-state index in [-0.39, 0.29) is 24.9 Å². The van der Waals surface area contributed by atoms with Gasteiger partial charge in [0.05, 0.1) is 4.90 Å². The Labute approximate surface area is 195 Å². The molecule has 2 heterocycles. The Hall–Kier alpha value is -2.71. The smallest absolute Gasteiger partial charge is 0.253 e. The van der Waals surface area contributed by atoms with Crippen LogP contribution in [-0.2, 0) is 27.7 Å². The molecular weight excluding hydrogens is 438 g/mol. The fourth-order valence-electron chi connectivity index (χ4n) is 5.04. The van der Waals surface area contributed by atoms with Crippen LogP contribution in [0, 0.1) is 0 Å². The summed E-state index contributed by atoms with van der Waals surface area (Å²) in [6.07, 6.45) is 5.65. The highest BCUT2D eigenvalue weighted by Crippen LogP contribution is 2.27. The van der Waals surface area contributed by atoms with Gasteiger partial charge >= 0.3 is 0 Å². The summed E-state index contributed by atoms with van der Waals surface area (Å²) in [7, 11) is -3.57. The molecule has 0 radical (unpaired) electrons. The highest BCUT2D eigenvalue weighted by Gasteiger charge is 2.31. The van der Waals surface area contributed by atoms with E-state index >= 15 is 0 Å². The molecule has 3 aliphatic rings. The first kappa shape index (κ1) is 22.1. The second-order valence-electron chi connectivity index (χ2n) is 9.03. The predicted molar refractivity (Wildman–Crippen MR) is 126 cm³/mol. The Morgan fingerprint density at radius 3 is 2.12 bits per heavy atom. The van der Waals surface area contributed by atoms with Crippen molar-refractivity contribution in [2.75, 3.05) is 37.6 Å². The van der Waals surface area contributed by atoms with Crippen molar-refractivity contribution in [2.24, 2.45) is 0 Å². The zero-order valence-corrected chi connectivity index (χ0v) is 19.5. The van der Waals surface area contributed by atoms with Gasteiger partial charge < -0.3 is 9.80 Å². The van der Waals surface area contributed by atoms with Crippen LogP contribution in [0.1, 0.15) is 47.2 Å². The number of sulfonamides is 1. The lowest BCUT2D eigenvalue weighted by molar-refractivity contribution is -0.117. The lowest BCUT2D eigenvalue weighted by atomic mass is 9.92. The molecule has 0 N–H and O–H groups in total. The van der Waals surface area contributed by atoms with E-state index in [1.54, 1.807) is 28.0 Å². The molecule has 2 fully saturated rings. The third-order valence-corrected chi connectivity index (χ3v) is 8.88. The van der Waals surface area contributed by atoms with Crippen LogP contribution in [0.15, 0.2) is 47.4 Å². The molecule has 33 heavy (non-hydrogen) atoms. The topological polar surface area (TPSA) is 78.0 Å². The van der Waals surface area contributed by atoms with Gasteiger partial charge in [0.2, 0.25) is 15.9 Å². The minimum atomic E-state index is -3.57. The van der Waals surface area contributed by atoms with E-state index in [0.717, 1.165) is 43.4 Å². The summed E-state index contributed by atoms with van der Waals surface area (Å²) >= 11 is 0. The number of hydrogen-bond donors (Lipinski definition) is 0. The first-order valence-corrected chi connectivity index (χ1v) is 13.2. The van der Waals surface area contributed by atoms with Crippen LogP contribution >= 0.6 is 0 Å². The first-order valence-electron chi connectivity index (χ1n) is 11.8. The van der Waals surface area contributed by atoms with Crippen molar-refractivity contribution in [3.8, 4) is 0 Å². The first-order chi connectivity index (χ1) is 15.9. The van der Waals surface area contributed by atoms with Crippen molar-refractivity contribution < 1.29 is 18.0 Å². The normalized spacial score (nSPS) is 19.6. The van der Waals surface area contributed by atoms with E-state index in [9.17, 15) is 18.0 Å². The predicted octanol–water partition coefficient (Wildman–Crippen LogP) is 2.84. The third-order valence-electron chi connectivity index (χ3n) is 6.98. The fraction of sp³-hybridized carbons (Fsp3) is 0.440. The molecule has 2 aromatic carbocycles. The molecule has 7 nitrogen and oxygen atoms in total. The monoisotopic (exact) mass is 467 g/mol. The van der Waals surface area contributed by atoms with Gasteiger partial charge in [-0.2, -0.15) is 4.31 Å². The molecule has 0 spiro atoms. The van der Waals surface area contributed by atoms with Gasteiger partial charge in [-0.25, -0.2) is 8.42 Å². The molecule has 0 saturated carbocycles. The minimum Gasteiger partial charge on any atom is -0.336 e. The summed E-state index contributed by atoms with van der Waals surface area (Å²) in [6.45, 7) is 1.99. The zero-order valence-electron chi connectivity index (χ0n) is 18.7. The number of aryl methyl sites for hydroxylation is 2.